The van der Waals surface area contributed by atoms with Gasteiger partial charge >= 0.3 is 5.97 Å². The van der Waals surface area contributed by atoms with E-state index in [1.807, 2.05) is 0 Å². The minimum atomic E-state index is -1.82. The molecule has 44 heavy (non-hydrogen) atoms. The SMILES string of the molecule is O=C(O[C@H]1[C@H](OC2CC(C3[OH+]C4CC(O)CC(O)C4CC3O)CC(O)C2O)O[C@H](CO)[C@H](O)[C@@H]1O)C1CC(O)C(O)C(O)C1. The molecule has 254 valence electrons. The highest BCUT2D eigenvalue weighted by atomic mass is 16.7. The van der Waals surface area contributed by atoms with Gasteiger partial charge in [-0.1, -0.05) is 0 Å². The molecule has 2 saturated heterocycles. The van der Waals surface area contributed by atoms with Crippen molar-refractivity contribution in [1.82, 2.24) is 0 Å². The molecule has 2 heterocycles. The zero-order valence-corrected chi connectivity index (χ0v) is 24.1. The highest BCUT2D eigenvalue weighted by Crippen LogP contribution is 2.41. The van der Waals surface area contributed by atoms with Crippen LogP contribution in [0.2, 0.25) is 0 Å². The van der Waals surface area contributed by atoms with Crippen molar-refractivity contribution in [2.24, 2.45) is 17.8 Å². The Bertz CT molecular complexity index is 960. The molecule has 12 unspecified atom stereocenters. The van der Waals surface area contributed by atoms with Gasteiger partial charge in [0.2, 0.25) is 0 Å². The van der Waals surface area contributed by atoms with E-state index in [0.29, 0.717) is 6.42 Å². The molecule has 0 aromatic heterocycles. The number of aliphatic hydroxyl groups is 13. The van der Waals surface area contributed by atoms with Gasteiger partial charge in [0.15, 0.2) is 24.6 Å². The minimum absolute atomic E-state index is 0.0355. The van der Waals surface area contributed by atoms with Crippen LogP contribution in [-0.2, 0) is 19.0 Å². The number of esters is 1. The Labute approximate surface area is 253 Å². The second kappa shape index (κ2) is 13.9. The van der Waals surface area contributed by atoms with Gasteiger partial charge in [0.1, 0.15) is 36.6 Å². The number of hydrogen-bond acceptors (Lipinski definition) is 15. The number of ether oxygens (including phenoxy) is 4. The van der Waals surface area contributed by atoms with Gasteiger partial charge in [-0.15, -0.1) is 0 Å². The molecule has 0 aromatic rings. The lowest BCUT2D eigenvalue weighted by atomic mass is 9.72. The number of fused-ring (bicyclic) bond motifs is 1. The van der Waals surface area contributed by atoms with E-state index in [9.17, 15) is 61.0 Å². The van der Waals surface area contributed by atoms with Crippen molar-refractivity contribution in [3.8, 4) is 0 Å². The molecule has 17 atom stereocenters. The smallest absolute Gasteiger partial charge is 0.309 e. The molecule has 5 rings (SSSR count). The van der Waals surface area contributed by atoms with Crippen molar-refractivity contribution in [3.63, 3.8) is 0 Å². The summed E-state index contributed by atoms with van der Waals surface area (Å²) in [5.74, 6) is -2.90. The molecule has 5 aliphatic rings. The molecule has 16 nitrogen and oxygen atoms in total. The summed E-state index contributed by atoms with van der Waals surface area (Å²) in [5, 5.41) is 114. The molecular weight excluding hydrogens is 592 g/mol. The Morgan fingerprint density at radius 3 is 2.02 bits per heavy atom. The predicted octanol–water partition coefficient (Wildman–Crippen LogP) is -5.49. The van der Waals surface area contributed by atoms with Crippen molar-refractivity contribution >= 4 is 5.97 Å². The molecule has 0 amide bonds. The first-order valence-corrected chi connectivity index (χ1v) is 15.4. The molecular formula is C28H47O16+. The van der Waals surface area contributed by atoms with E-state index >= 15 is 0 Å². The summed E-state index contributed by atoms with van der Waals surface area (Å²) >= 11 is 0. The van der Waals surface area contributed by atoms with Crippen molar-refractivity contribution in [2.45, 2.75) is 143 Å². The number of carbonyl (C=O) groups is 1. The van der Waals surface area contributed by atoms with Crippen LogP contribution < -0.4 is 0 Å². The van der Waals surface area contributed by atoms with Crippen LogP contribution in [0.4, 0.5) is 0 Å². The van der Waals surface area contributed by atoms with Gasteiger partial charge in [-0.05, 0) is 32.1 Å². The van der Waals surface area contributed by atoms with Crippen LogP contribution in [0.25, 0.3) is 0 Å². The van der Waals surface area contributed by atoms with Crippen molar-refractivity contribution in [2.75, 3.05) is 6.61 Å². The summed E-state index contributed by atoms with van der Waals surface area (Å²) in [5.41, 5.74) is 0. The Kier molecular flexibility index (Phi) is 10.9. The summed E-state index contributed by atoms with van der Waals surface area (Å²) < 4.78 is 21.8. The molecule has 12 N–H and O–H groups in total. The molecule has 0 radical (unpaired) electrons. The highest BCUT2D eigenvalue weighted by Gasteiger charge is 2.55. The first kappa shape index (κ1) is 34.3. The third-order valence-corrected chi connectivity index (χ3v) is 10.2. The number of carbonyl (C=O) groups excluding carboxylic acids is 1. The van der Waals surface area contributed by atoms with Crippen LogP contribution in [0.1, 0.15) is 44.9 Å². The van der Waals surface area contributed by atoms with Gasteiger partial charge in [-0.25, -0.2) is 0 Å². The lowest BCUT2D eigenvalue weighted by Crippen LogP contribution is -2.63. The van der Waals surface area contributed by atoms with Crippen molar-refractivity contribution < 1.29 is 79.9 Å². The van der Waals surface area contributed by atoms with E-state index in [0.717, 1.165) is 0 Å². The first-order valence-electron chi connectivity index (χ1n) is 15.4. The Hall–Kier alpha value is -1.09. The Morgan fingerprint density at radius 1 is 0.705 bits per heavy atom. The quantitative estimate of drug-likeness (QED) is 0.0955. The minimum Gasteiger partial charge on any atom is -0.454 e. The maximum atomic E-state index is 13.0. The van der Waals surface area contributed by atoms with E-state index < -0.39 is 122 Å². The van der Waals surface area contributed by atoms with Gasteiger partial charge in [-0.3, -0.25) is 4.79 Å². The number of aliphatic hydroxyl groups excluding tert-OH is 11. The second-order valence-electron chi connectivity index (χ2n) is 13.2. The van der Waals surface area contributed by atoms with Crippen molar-refractivity contribution in [1.29, 1.82) is 0 Å². The largest absolute Gasteiger partial charge is 0.454 e. The normalized spacial score (nSPS) is 53.5. The zero-order chi connectivity index (χ0) is 32.0. The highest BCUT2D eigenvalue weighted by molar-refractivity contribution is 5.73. The topological polar surface area (TPSA) is 280 Å². The standard InChI is InChI=1S/C28H46O16/c29-8-20-23(38)24(39)26(44-27(40)10-2-14(32)21(36)15(33)3-10)28(43-20)42-19-4-9(1-16(34)22(19)37)25-17(35)7-12-13(31)5-11(30)6-18(12)41-25/h9-26,28-39H,1-8H2/p+1/t9?,10?,11?,12?,13?,14?,15?,16?,17?,18?,19?,20-,21?,22?,23+,24+,25?,26-,28-/m1/s1. The van der Waals surface area contributed by atoms with E-state index in [4.69, 9.17) is 18.9 Å². The lowest BCUT2D eigenvalue weighted by Gasteiger charge is -2.47. The fraction of sp³-hybridized carbons (Fsp3) is 0.964. The van der Waals surface area contributed by atoms with Gasteiger partial charge in [0, 0.05) is 18.8 Å². The summed E-state index contributed by atoms with van der Waals surface area (Å²) in [6.45, 7) is -0.747. The van der Waals surface area contributed by atoms with E-state index in [1.165, 1.54) is 0 Å². The third kappa shape index (κ3) is 6.94. The average Bonchev–Trinajstić information content (AvgIpc) is 2.97. The lowest BCUT2D eigenvalue weighted by molar-refractivity contribution is -0.333. The average molecular weight is 640 g/mol. The summed E-state index contributed by atoms with van der Waals surface area (Å²) in [4.78, 5) is 13.0. The van der Waals surface area contributed by atoms with E-state index in [1.54, 1.807) is 0 Å². The number of rotatable bonds is 6. The van der Waals surface area contributed by atoms with Crippen LogP contribution in [0.3, 0.4) is 0 Å². The van der Waals surface area contributed by atoms with Crippen LogP contribution in [0.5, 0.6) is 0 Å². The van der Waals surface area contributed by atoms with Crippen LogP contribution in [0.15, 0.2) is 0 Å². The number of hydrogen-bond donors (Lipinski definition) is 11. The molecule has 0 spiro atoms. The Balaban J connectivity index is 1.30. The predicted molar refractivity (Wildman–Crippen MR) is 143 cm³/mol. The summed E-state index contributed by atoms with van der Waals surface area (Å²) in [6.07, 6.45) is -19.8. The maximum Gasteiger partial charge on any atom is 0.309 e. The maximum absolute atomic E-state index is 13.0. The second-order valence-corrected chi connectivity index (χ2v) is 13.2. The fourth-order valence-corrected chi connectivity index (χ4v) is 7.67. The van der Waals surface area contributed by atoms with Crippen LogP contribution >= 0.6 is 0 Å². The third-order valence-electron chi connectivity index (χ3n) is 10.2. The molecule has 0 aromatic carbocycles. The van der Waals surface area contributed by atoms with E-state index in [-0.39, 0.29) is 44.4 Å². The molecule has 3 saturated carbocycles. The van der Waals surface area contributed by atoms with Gasteiger partial charge < -0.3 is 75.1 Å². The van der Waals surface area contributed by atoms with Crippen LogP contribution in [-0.4, -0.2) is 171 Å². The van der Waals surface area contributed by atoms with E-state index in [2.05, 4.69) is 0 Å². The fourth-order valence-electron chi connectivity index (χ4n) is 7.67. The van der Waals surface area contributed by atoms with Crippen LogP contribution in [0, 0.1) is 17.8 Å². The van der Waals surface area contributed by atoms with Gasteiger partial charge in [-0.2, -0.15) is 0 Å². The first-order chi connectivity index (χ1) is 20.8. The zero-order valence-electron chi connectivity index (χ0n) is 24.1. The Morgan fingerprint density at radius 2 is 1.36 bits per heavy atom. The molecule has 0 bridgehead atoms. The molecule has 5 fully saturated rings. The monoisotopic (exact) mass is 639 g/mol. The molecule has 2 aliphatic heterocycles. The molecule has 3 aliphatic carbocycles. The van der Waals surface area contributed by atoms with Gasteiger partial charge in [0.05, 0.1) is 55.1 Å². The summed E-state index contributed by atoms with van der Waals surface area (Å²) in [7, 11) is 0. The van der Waals surface area contributed by atoms with Gasteiger partial charge in [0.25, 0.3) is 0 Å². The van der Waals surface area contributed by atoms with Crippen molar-refractivity contribution in [3.05, 3.63) is 0 Å². The summed E-state index contributed by atoms with van der Waals surface area (Å²) in [6, 6.07) is 0. The molecule has 16 heteroatoms.